The summed E-state index contributed by atoms with van der Waals surface area (Å²) in [5.74, 6) is 0.165. The maximum atomic E-state index is 13.3. The first-order valence-corrected chi connectivity index (χ1v) is 10.9. The summed E-state index contributed by atoms with van der Waals surface area (Å²) in [5, 5.41) is 25.8. The molecule has 10 nitrogen and oxygen atoms in total. The lowest BCUT2D eigenvalue weighted by Crippen LogP contribution is -2.31. The molecule has 1 fully saturated rings. The minimum atomic E-state index is -0.764. The van der Waals surface area contributed by atoms with E-state index in [1.54, 1.807) is 31.5 Å². The molecule has 3 aromatic heterocycles. The monoisotopic (exact) mass is 470 g/mol. The molecule has 5 rings (SSSR count). The van der Waals surface area contributed by atoms with E-state index in [-0.39, 0.29) is 22.6 Å². The van der Waals surface area contributed by atoms with Gasteiger partial charge in [0.2, 0.25) is 0 Å². The second kappa shape index (κ2) is 7.32. The van der Waals surface area contributed by atoms with Gasteiger partial charge in [-0.15, -0.1) is 0 Å². The van der Waals surface area contributed by atoms with Gasteiger partial charge in [0.1, 0.15) is 29.2 Å². The van der Waals surface area contributed by atoms with Crippen LogP contribution in [0.1, 0.15) is 39.7 Å². The number of phenolic OH excluding ortho intramolecular Hbond substituents is 1. The third kappa shape index (κ3) is 3.55. The van der Waals surface area contributed by atoms with Crippen molar-refractivity contribution in [3.63, 3.8) is 0 Å². The summed E-state index contributed by atoms with van der Waals surface area (Å²) in [6, 6.07) is 4.50. The zero-order valence-electron chi connectivity index (χ0n) is 18.3. The Morgan fingerprint density at radius 1 is 1.24 bits per heavy atom. The summed E-state index contributed by atoms with van der Waals surface area (Å²) in [7, 11) is 0. The molecule has 0 amide bonds. The van der Waals surface area contributed by atoms with Gasteiger partial charge in [-0.05, 0) is 45.7 Å². The topological polar surface area (TPSA) is 141 Å². The zero-order valence-corrected chi connectivity index (χ0v) is 19.0. The molecule has 4 N–H and O–H groups in total. The Morgan fingerprint density at radius 2 is 1.97 bits per heavy atom. The summed E-state index contributed by atoms with van der Waals surface area (Å²) in [4.78, 5) is 21.8. The maximum Gasteiger partial charge on any atom is 0.419 e. The van der Waals surface area contributed by atoms with Crippen LogP contribution < -0.4 is 5.73 Å². The first-order chi connectivity index (χ1) is 15.5. The molecule has 33 heavy (non-hydrogen) atoms. The van der Waals surface area contributed by atoms with E-state index in [9.17, 15) is 15.0 Å². The minimum Gasteiger partial charge on any atom is -0.508 e. The number of carbonyl (C=O) groups excluding carboxylic acids is 1. The number of phenols is 1. The van der Waals surface area contributed by atoms with Gasteiger partial charge in [0, 0.05) is 11.5 Å². The first kappa shape index (κ1) is 21.5. The van der Waals surface area contributed by atoms with Crippen molar-refractivity contribution in [1.82, 2.24) is 24.3 Å². The third-order valence-electron chi connectivity index (χ3n) is 5.61. The molecule has 0 atom stereocenters. The second-order valence-electron chi connectivity index (χ2n) is 9.24. The van der Waals surface area contributed by atoms with Gasteiger partial charge >= 0.3 is 6.09 Å². The SMILES string of the molecule is CC(C)(C)OC(=O)n1c(-c2nn(C3CC(O)C3)c3ncnc(N)c23)cc2cc(O)cc(Cl)c21. The van der Waals surface area contributed by atoms with Crippen LogP contribution in [-0.2, 0) is 4.74 Å². The van der Waals surface area contributed by atoms with Crippen molar-refractivity contribution in [2.45, 2.75) is 51.4 Å². The van der Waals surface area contributed by atoms with E-state index < -0.39 is 17.8 Å². The predicted molar refractivity (Wildman–Crippen MR) is 123 cm³/mol. The van der Waals surface area contributed by atoms with Crippen LogP contribution >= 0.6 is 11.6 Å². The number of hydrogen-bond donors (Lipinski definition) is 3. The van der Waals surface area contributed by atoms with Crippen LogP contribution in [0, 0.1) is 0 Å². The number of aromatic hydroxyl groups is 1. The van der Waals surface area contributed by atoms with Gasteiger partial charge < -0.3 is 20.7 Å². The average Bonchev–Trinajstić information content (AvgIpc) is 3.23. The van der Waals surface area contributed by atoms with Crippen LogP contribution in [0.3, 0.4) is 0 Å². The quantitative estimate of drug-likeness (QED) is 0.401. The standard InChI is InChI=1S/C22H23ClN6O4/c1-22(2,3)33-21(32)28-15(5-10-4-12(30)8-14(23)18(10)28)17-16-19(24)25-9-26-20(16)29(27-17)11-6-13(31)7-11/h4-5,8-9,11,13,30-31H,6-7H2,1-3H3,(H2,24,25,26). The molecular weight excluding hydrogens is 448 g/mol. The number of aliphatic hydroxyl groups excluding tert-OH is 1. The number of rotatable bonds is 2. The highest BCUT2D eigenvalue weighted by atomic mass is 35.5. The number of anilines is 1. The molecular formula is C22H23ClN6O4. The molecule has 4 aromatic rings. The van der Waals surface area contributed by atoms with Gasteiger partial charge in [-0.3, -0.25) is 0 Å². The fourth-order valence-corrected chi connectivity index (χ4v) is 4.45. The summed E-state index contributed by atoms with van der Waals surface area (Å²) >= 11 is 6.44. The smallest absolute Gasteiger partial charge is 0.419 e. The Kier molecular flexibility index (Phi) is 4.77. The van der Waals surface area contributed by atoms with Gasteiger partial charge in [-0.1, -0.05) is 11.6 Å². The molecule has 1 aromatic carbocycles. The highest BCUT2D eigenvalue weighted by Gasteiger charge is 2.34. The van der Waals surface area contributed by atoms with Crippen LogP contribution in [0.15, 0.2) is 24.5 Å². The Morgan fingerprint density at radius 3 is 2.64 bits per heavy atom. The minimum absolute atomic E-state index is 0.0397. The van der Waals surface area contributed by atoms with Gasteiger partial charge in [-0.2, -0.15) is 5.10 Å². The number of carbonyl (C=O) groups is 1. The number of fused-ring (bicyclic) bond motifs is 2. The number of halogens is 1. The number of aromatic nitrogens is 5. The third-order valence-corrected chi connectivity index (χ3v) is 5.89. The van der Waals surface area contributed by atoms with Crippen LogP contribution in [0.4, 0.5) is 10.6 Å². The molecule has 172 valence electrons. The number of hydrogen-bond acceptors (Lipinski definition) is 8. The molecule has 0 spiro atoms. The molecule has 1 aliphatic rings. The van der Waals surface area contributed by atoms with Crippen LogP contribution in [-0.4, -0.2) is 52.3 Å². The Bertz CT molecular complexity index is 1410. The summed E-state index contributed by atoms with van der Waals surface area (Å²) in [6.07, 6.45) is 1.38. The van der Waals surface area contributed by atoms with Crippen LogP contribution in [0.25, 0.3) is 33.3 Å². The fraction of sp³-hybridized carbons (Fsp3) is 0.364. The number of nitrogen functional groups attached to an aromatic ring is 1. The van der Waals surface area contributed by atoms with Crippen LogP contribution in [0.5, 0.6) is 5.75 Å². The predicted octanol–water partition coefficient (Wildman–Crippen LogP) is 3.87. The van der Waals surface area contributed by atoms with Crippen molar-refractivity contribution < 1.29 is 19.7 Å². The van der Waals surface area contributed by atoms with Crippen molar-refractivity contribution >= 4 is 45.4 Å². The van der Waals surface area contributed by atoms with E-state index in [0.717, 1.165) is 0 Å². The molecule has 0 bridgehead atoms. The van der Waals surface area contributed by atoms with Gasteiger partial charge in [-0.25, -0.2) is 24.0 Å². The largest absolute Gasteiger partial charge is 0.508 e. The number of ether oxygens (including phenoxy) is 1. The van der Waals surface area contributed by atoms with E-state index >= 15 is 0 Å². The van der Waals surface area contributed by atoms with Crippen molar-refractivity contribution in [3.8, 4) is 17.1 Å². The lowest BCUT2D eigenvalue weighted by atomic mass is 9.90. The van der Waals surface area contributed by atoms with Crippen LogP contribution in [0.2, 0.25) is 5.02 Å². The maximum absolute atomic E-state index is 13.3. The van der Waals surface area contributed by atoms with Crippen molar-refractivity contribution in [2.75, 3.05) is 5.73 Å². The summed E-state index contributed by atoms with van der Waals surface area (Å²) in [5.41, 5.74) is 7.09. The highest BCUT2D eigenvalue weighted by molar-refractivity contribution is 6.36. The normalized spacial score (nSPS) is 18.6. The fourth-order valence-electron chi connectivity index (χ4n) is 4.14. The van der Waals surface area contributed by atoms with E-state index in [1.165, 1.54) is 23.0 Å². The summed E-state index contributed by atoms with van der Waals surface area (Å²) < 4.78 is 8.70. The van der Waals surface area contributed by atoms with E-state index in [4.69, 9.17) is 27.2 Å². The van der Waals surface area contributed by atoms with E-state index in [1.807, 2.05) is 0 Å². The highest BCUT2D eigenvalue weighted by Crippen LogP contribution is 2.41. The lowest BCUT2D eigenvalue weighted by molar-refractivity contribution is 0.0451. The zero-order chi connectivity index (χ0) is 23.7. The molecule has 0 unspecified atom stereocenters. The first-order valence-electron chi connectivity index (χ1n) is 10.5. The lowest BCUT2D eigenvalue weighted by Gasteiger charge is -2.31. The van der Waals surface area contributed by atoms with E-state index in [0.29, 0.717) is 46.2 Å². The number of benzene rings is 1. The molecule has 3 heterocycles. The molecule has 11 heteroatoms. The number of nitrogens with zero attached hydrogens (tertiary/aromatic N) is 5. The second-order valence-corrected chi connectivity index (χ2v) is 9.65. The average molecular weight is 471 g/mol. The van der Waals surface area contributed by atoms with Gasteiger partial charge in [0.05, 0.1) is 33.8 Å². The molecule has 0 radical (unpaired) electrons. The van der Waals surface area contributed by atoms with Crippen molar-refractivity contribution in [1.29, 1.82) is 0 Å². The molecule has 0 aliphatic heterocycles. The van der Waals surface area contributed by atoms with E-state index in [2.05, 4.69) is 9.97 Å². The Hall–Kier alpha value is -3.37. The Balaban J connectivity index is 1.81. The number of nitrogens with two attached hydrogens (primary N) is 1. The van der Waals surface area contributed by atoms with Crippen molar-refractivity contribution in [2.24, 2.45) is 0 Å². The number of aliphatic hydroxyl groups is 1. The summed E-state index contributed by atoms with van der Waals surface area (Å²) in [6.45, 7) is 5.30. The van der Waals surface area contributed by atoms with Crippen molar-refractivity contribution in [3.05, 3.63) is 29.5 Å². The molecule has 0 saturated heterocycles. The van der Waals surface area contributed by atoms with Gasteiger partial charge in [0.25, 0.3) is 0 Å². The van der Waals surface area contributed by atoms with Gasteiger partial charge in [0.15, 0.2) is 5.65 Å². The molecule has 1 aliphatic carbocycles. The molecule has 1 saturated carbocycles. The Labute approximate surface area is 193 Å².